The van der Waals surface area contributed by atoms with Crippen LogP contribution in [-0.2, 0) is 35.2 Å². The third kappa shape index (κ3) is 6.56. The summed E-state index contributed by atoms with van der Waals surface area (Å²) in [5, 5.41) is 4.32. The van der Waals surface area contributed by atoms with E-state index in [1.54, 1.807) is 36.5 Å². The van der Waals surface area contributed by atoms with Gasteiger partial charge in [0.05, 0.1) is 30.6 Å². The normalized spacial score (nSPS) is 11.1. The zero-order valence-electron chi connectivity index (χ0n) is 18.8. The molecule has 1 aromatic carbocycles. The van der Waals surface area contributed by atoms with Crippen molar-refractivity contribution < 1.29 is 13.0 Å². The summed E-state index contributed by atoms with van der Waals surface area (Å²) < 4.78 is 29.0. The van der Waals surface area contributed by atoms with E-state index in [0.29, 0.717) is 11.4 Å². The summed E-state index contributed by atoms with van der Waals surface area (Å²) in [4.78, 5) is 11.9. The molecular formula is C24H25Cl2N4O3S+. The molecule has 0 unspecified atom stereocenters. The van der Waals surface area contributed by atoms with Crippen molar-refractivity contribution >= 4 is 33.0 Å². The van der Waals surface area contributed by atoms with Crippen LogP contribution in [0.3, 0.4) is 0 Å². The summed E-state index contributed by atoms with van der Waals surface area (Å²) in [6.07, 6.45) is 6.67. The van der Waals surface area contributed by atoms with Gasteiger partial charge in [-0.3, -0.25) is 4.79 Å². The maximum absolute atomic E-state index is 11.9. The van der Waals surface area contributed by atoms with Crippen LogP contribution in [-0.4, -0.2) is 29.0 Å². The average Bonchev–Trinajstić information content (AvgIpc) is 3.30. The molecule has 3 aromatic heterocycles. The smallest absolute Gasteiger partial charge is 0.306 e. The van der Waals surface area contributed by atoms with Crippen molar-refractivity contribution in [2.45, 2.75) is 23.2 Å². The Kier molecular flexibility index (Phi) is 8.66. The molecule has 10 heteroatoms. The molecule has 4 aromatic rings. The molecule has 34 heavy (non-hydrogen) atoms. The molecule has 0 saturated heterocycles. The van der Waals surface area contributed by atoms with Crippen LogP contribution in [0.5, 0.6) is 0 Å². The number of sulfone groups is 1. The van der Waals surface area contributed by atoms with Gasteiger partial charge in [0, 0.05) is 36.5 Å². The van der Waals surface area contributed by atoms with E-state index < -0.39 is 9.84 Å². The van der Waals surface area contributed by atoms with Crippen LogP contribution >= 0.6 is 23.2 Å². The van der Waals surface area contributed by atoms with Crippen molar-refractivity contribution in [2.75, 3.05) is 6.26 Å². The number of aromatic nitrogens is 4. The van der Waals surface area contributed by atoms with Gasteiger partial charge in [0.15, 0.2) is 9.84 Å². The first-order valence-corrected chi connectivity index (χ1v) is 13.3. The highest BCUT2D eigenvalue weighted by molar-refractivity contribution is 7.90. The highest BCUT2D eigenvalue weighted by Crippen LogP contribution is 2.20. The monoisotopic (exact) mass is 519 g/mol. The van der Waals surface area contributed by atoms with Gasteiger partial charge in [0.2, 0.25) is 0 Å². The van der Waals surface area contributed by atoms with Crippen molar-refractivity contribution in [3.63, 3.8) is 0 Å². The SMILES string of the molecule is CS(=O)(=O)c1cc(CCl)ccc1Cn1ccccc1=O.C[n+]1ccccc1-n1ccc(CCl)n1. The van der Waals surface area contributed by atoms with E-state index in [1.807, 2.05) is 53.0 Å². The summed E-state index contributed by atoms with van der Waals surface area (Å²) in [7, 11) is -1.39. The van der Waals surface area contributed by atoms with E-state index >= 15 is 0 Å². The van der Waals surface area contributed by atoms with Crippen molar-refractivity contribution in [1.29, 1.82) is 0 Å². The molecule has 0 spiro atoms. The fraction of sp³-hybridized carbons (Fsp3) is 0.208. The first kappa shape index (κ1) is 25.7. The average molecular weight is 520 g/mol. The second kappa shape index (κ2) is 11.5. The maximum Gasteiger partial charge on any atom is 0.306 e. The molecule has 0 N–H and O–H groups in total. The summed E-state index contributed by atoms with van der Waals surface area (Å²) in [5.74, 6) is 1.71. The Balaban J connectivity index is 0.000000202. The molecule has 0 aliphatic rings. The number of nitrogens with zero attached hydrogens (tertiary/aromatic N) is 4. The molecule has 0 amide bonds. The Morgan fingerprint density at radius 2 is 1.74 bits per heavy atom. The molecule has 7 nitrogen and oxygen atoms in total. The molecule has 0 radical (unpaired) electrons. The lowest BCUT2D eigenvalue weighted by Gasteiger charge is -2.11. The van der Waals surface area contributed by atoms with Crippen LogP contribution in [0.2, 0.25) is 0 Å². The zero-order valence-corrected chi connectivity index (χ0v) is 21.1. The van der Waals surface area contributed by atoms with E-state index in [1.165, 1.54) is 10.6 Å². The van der Waals surface area contributed by atoms with Crippen molar-refractivity contribution in [3.8, 4) is 5.82 Å². The third-order valence-electron chi connectivity index (χ3n) is 4.97. The number of aryl methyl sites for hydroxylation is 1. The number of hydrogen-bond donors (Lipinski definition) is 0. The largest absolute Gasteiger partial charge is 0.311 e. The van der Waals surface area contributed by atoms with Gasteiger partial charge in [0.25, 0.3) is 5.56 Å². The Hall–Kier alpha value is -2.94. The van der Waals surface area contributed by atoms with Gasteiger partial charge in [-0.2, -0.15) is 0 Å². The van der Waals surface area contributed by atoms with Crippen LogP contribution < -0.4 is 10.1 Å². The van der Waals surface area contributed by atoms with E-state index in [9.17, 15) is 13.2 Å². The summed E-state index contributed by atoms with van der Waals surface area (Å²) >= 11 is 11.4. The van der Waals surface area contributed by atoms with Crippen LogP contribution in [0, 0.1) is 0 Å². The standard InChI is InChI=1S/C14H14ClNO3S.C10H11ClN3/c1-20(18,19)13-8-11(9-15)5-6-12(13)10-16-7-3-2-4-14(16)17;1-13-6-3-2-4-10(13)14-7-5-9(8-11)12-14/h2-8H,9-10H2,1H3;2-7H,8H2,1H3/q;+1. The van der Waals surface area contributed by atoms with Crippen LogP contribution in [0.15, 0.2) is 88.9 Å². The number of benzene rings is 1. The molecular weight excluding hydrogens is 495 g/mol. The van der Waals surface area contributed by atoms with Crippen LogP contribution in [0.4, 0.5) is 0 Å². The highest BCUT2D eigenvalue weighted by atomic mass is 35.5. The highest BCUT2D eigenvalue weighted by Gasteiger charge is 2.15. The minimum atomic E-state index is -3.37. The van der Waals surface area contributed by atoms with Gasteiger partial charge in [-0.15, -0.1) is 27.9 Å². The summed E-state index contributed by atoms with van der Waals surface area (Å²) in [5.41, 5.74) is 2.02. The number of pyridine rings is 2. The number of hydrogen-bond acceptors (Lipinski definition) is 4. The predicted octanol–water partition coefficient (Wildman–Crippen LogP) is 3.47. The molecule has 0 bridgehead atoms. The van der Waals surface area contributed by atoms with E-state index in [2.05, 4.69) is 5.10 Å². The minimum Gasteiger partial charge on any atom is -0.311 e. The molecule has 0 fully saturated rings. The van der Waals surface area contributed by atoms with Gasteiger partial charge >= 0.3 is 5.82 Å². The quantitative estimate of drug-likeness (QED) is 0.288. The Morgan fingerprint density at radius 3 is 2.35 bits per heavy atom. The zero-order chi connectivity index (χ0) is 24.7. The Morgan fingerprint density at radius 1 is 0.971 bits per heavy atom. The van der Waals surface area contributed by atoms with Crippen molar-refractivity contribution in [2.24, 2.45) is 7.05 Å². The van der Waals surface area contributed by atoms with E-state index in [0.717, 1.165) is 23.3 Å². The van der Waals surface area contributed by atoms with Crippen molar-refractivity contribution in [1.82, 2.24) is 14.3 Å². The maximum atomic E-state index is 11.9. The Labute approximate surface area is 208 Å². The fourth-order valence-corrected chi connectivity index (χ4v) is 4.53. The second-order valence-corrected chi connectivity index (χ2v) is 10.1. The van der Waals surface area contributed by atoms with E-state index in [4.69, 9.17) is 23.2 Å². The molecule has 178 valence electrons. The lowest BCUT2D eigenvalue weighted by Crippen LogP contribution is -2.33. The molecule has 0 aliphatic heterocycles. The molecule has 4 rings (SSSR count). The Bertz CT molecular complexity index is 1430. The molecule has 0 saturated carbocycles. The number of rotatable bonds is 6. The predicted molar refractivity (Wildman–Crippen MR) is 133 cm³/mol. The molecule has 0 atom stereocenters. The molecule has 3 heterocycles. The van der Waals surface area contributed by atoms with Gasteiger partial charge in [0.1, 0.15) is 11.9 Å². The number of alkyl halides is 2. The van der Waals surface area contributed by atoms with Crippen LogP contribution in [0.25, 0.3) is 5.82 Å². The second-order valence-electron chi connectivity index (χ2n) is 7.57. The van der Waals surface area contributed by atoms with Gasteiger partial charge in [-0.05, 0) is 29.3 Å². The minimum absolute atomic E-state index is 0.173. The van der Waals surface area contributed by atoms with Crippen LogP contribution in [0.1, 0.15) is 16.8 Å². The van der Waals surface area contributed by atoms with E-state index in [-0.39, 0.29) is 22.9 Å². The first-order chi connectivity index (χ1) is 16.2. The van der Waals surface area contributed by atoms with Crippen molar-refractivity contribution in [3.05, 3.63) is 106 Å². The fourth-order valence-electron chi connectivity index (χ4n) is 3.25. The topological polar surface area (TPSA) is 77.8 Å². The van der Waals surface area contributed by atoms with Gasteiger partial charge < -0.3 is 4.57 Å². The lowest BCUT2D eigenvalue weighted by molar-refractivity contribution is -0.666. The lowest BCUT2D eigenvalue weighted by atomic mass is 10.1. The summed E-state index contributed by atoms with van der Waals surface area (Å²) in [6, 6.07) is 17.7. The number of halogens is 2. The molecule has 0 aliphatic carbocycles. The summed E-state index contributed by atoms with van der Waals surface area (Å²) in [6.45, 7) is 0.213. The van der Waals surface area contributed by atoms with Gasteiger partial charge in [-0.1, -0.05) is 29.4 Å². The first-order valence-electron chi connectivity index (χ1n) is 10.3. The van der Waals surface area contributed by atoms with Gasteiger partial charge in [-0.25, -0.2) is 13.0 Å². The third-order valence-corrected chi connectivity index (χ3v) is 6.73.